The van der Waals surface area contributed by atoms with Gasteiger partial charge in [0.25, 0.3) is 5.91 Å². The second kappa shape index (κ2) is 6.70. The van der Waals surface area contributed by atoms with Crippen LogP contribution in [-0.2, 0) is 11.2 Å². The zero-order chi connectivity index (χ0) is 14.4. The second-order valence-electron chi connectivity index (χ2n) is 4.34. The third kappa shape index (κ3) is 4.38. The average molecular weight is 277 g/mol. The number of halogens is 1. The summed E-state index contributed by atoms with van der Waals surface area (Å²) in [6.45, 7) is 2.29. The molecule has 2 N–H and O–H groups in total. The van der Waals surface area contributed by atoms with Gasteiger partial charge in [-0.05, 0) is 31.2 Å². The summed E-state index contributed by atoms with van der Waals surface area (Å²) < 4.78 is 17.9. The van der Waals surface area contributed by atoms with Crippen molar-refractivity contribution >= 4 is 5.91 Å². The molecule has 0 bridgehead atoms. The van der Waals surface area contributed by atoms with Crippen LogP contribution >= 0.6 is 0 Å². The Morgan fingerprint density at radius 3 is 2.80 bits per heavy atom. The highest BCUT2D eigenvalue weighted by atomic mass is 19.1. The van der Waals surface area contributed by atoms with Crippen molar-refractivity contribution in [1.29, 1.82) is 0 Å². The third-order valence-electron chi connectivity index (χ3n) is 2.66. The van der Waals surface area contributed by atoms with Crippen LogP contribution in [0.1, 0.15) is 11.5 Å². The van der Waals surface area contributed by atoms with Crippen molar-refractivity contribution in [1.82, 2.24) is 15.3 Å². The number of imidazole rings is 1. The minimum absolute atomic E-state index is 0.0896. The van der Waals surface area contributed by atoms with Gasteiger partial charge in [0.1, 0.15) is 17.4 Å². The zero-order valence-electron chi connectivity index (χ0n) is 11.1. The van der Waals surface area contributed by atoms with Crippen LogP contribution in [0.15, 0.2) is 30.5 Å². The first kappa shape index (κ1) is 14.0. The molecule has 1 amide bonds. The van der Waals surface area contributed by atoms with Gasteiger partial charge >= 0.3 is 0 Å². The molecule has 0 aliphatic heterocycles. The van der Waals surface area contributed by atoms with E-state index < -0.39 is 0 Å². The van der Waals surface area contributed by atoms with E-state index in [9.17, 15) is 9.18 Å². The molecular weight excluding hydrogens is 261 g/mol. The van der Waals surface area contributed by atoms with E-state index in [4.69, 9.17) is 4.74 Å². The van der Waals surface area contributed by atoms with Crippen molar-refractivity contribution in [3.05, 3.63) is 47.8 Å². The average Bonchev–Trinajstić information content (AvgIpc) is 2.84. The summed E-state index contributed by atoms with van der Waals surface area (Å²) in [7, 11) is 0. The van der Waals surface area contributed by atoms with Gasteiger partial charge in [-0.15, -0.1) is 0 Å². The molecule has 1 aromatic heterocycles. The Morgan fingerprint density at radius 1 is 1.40 bits per heavy atom. The number of benzene rings is 1. The number of nitrogens with zero attached hydrogens (tertiary/aromatic N) is 1. The molecule has 0 radical (unpaired) electrons. The molecule has 6 heteroatoms. The van der Waals surface area contributed by atoms with Gasteiger partial charge in [0.05, 0.1) is 0 Å². The lowest BCUT2D eigenvalue weighted by atomic mass is 10.3. The molecule has 0 spiro atoms. The highest BCUT2D eigenvalue weighted by molar-refractivity contribution is 5.77. The summed E-state index contributed by atoms with van der Waals surface area (Å²) in [6.07, 6.45) is 2.43. The van der Waals surface area contributed by atoms with Crippen LogP contribution < -0.4 is 10.1 Å². The summed E-state index contributed by atoms with van der Waals surface area (Å²) >= 11 is 0. The largest absolute Gasteiger partial charge is 0.484 e. The number of aryl methyl sites for hydroxylation is 1. The molecule has 2 rings (SSSR count). The Morgan fingerprint density at radius 2 is 2.15 bits per heavy atom. The Bertz CT molecular complexity index is 566. The fraction of sp³-hybridized carbons (Fsp3) is 0.286. The molecule has 0 unspecified atom stereocenters. The number of H-pyrrole nitrogens is 1. The van der Waals surface area contributed by atoms with E-state index in [1.54, 1.807) is 6.20 Å². The molecule has 0 aliphatic carbocycles. The minimum atomic E-state index is -0.336. The van der Waals surface area contributed by atoms with Crippen LogP contribution in [0.3, 0.4) is 0 Å². The quantitative estimate of drug-likeness (QED) is 0.842. The van der Waals surface area contributed by atoms with Crippen molar-refractivity contribution in [3.8, 4) is 5.75 Å². The lowest BCUT2D eigenvalue weighted by molar-refractivity contribution is -0.123. The summed E-state index contributed by atoms with van der Waals surface area (Å²) in [5.74, 6) is 0.763. The molecular formula is C14H16FN3O2. The van der Waals surface area contributed by atoms with Crippen LogP contribution in [-0.4, -0.2) is 29.0 Å². The number of amides is 1. The number of rotatable bonds is 6. The molecule has 0 saturated heterocycles. The van der Waals surface area contributed by atoms with Gasteiger partial charge in [0.2, 0.25) is 0 Å². The van der Waals surface area contributed by atoms with Gasteiger partial charge in [-0.1, -0.05) is 0 Å². The van der Waals surface area contributed by atoms with E-state index in [1.165, 1.54) is 24.3 Å². The third-order valence-corrected chi connectivity index (χ3v) is 2.66. The number of carbonyl (C=O) groups excluding carboxylic acids is 1. The molecule has 0 fully saturated rings. The number of nitrogens with one attached hydrogen (secondary N) is 2. The van der Waals surface area contributed by atoms with Crippen LogP contribution in [0.4, 0.5) is 4.39 Å². The van der Waals surface area contributed by atoms with Crippen molar-refractivity contribution in [3.63, 3.8) is 0 Å². The van der Waals surface area contributed by atoms with E-state index in [-0.39, 0.29) is 18.3 Å². The van der Waals surface area contributed by atoms with Gasteiger partial charge in [0.15, 0.2) is 6.61 Å². The maximum Gasteiger partial charge on any atom is 0.257 e. The molecule has 106 valence electrons. The Kier molecular flexibility index (Phi) is 4.70. The Balaban J connectivity index is 1.66. The first-order chi connectivity index (χ1) is 9.63. The lowest BCUT2D eigenvalue weighted by Gasteiger charge is -2.06. The van der Waals surface area contributed by atoms with Crippen LogP contribution in [0, 0.1) is 12.7 Å². The fourth-order valence-corrected chi connectivity index (χ4v) is 1.67. The van der Waals surface area contributed by atoms with Gasteiger partial charge in [-0.3, -0.25) is 4.79 Å². The molecule has 0 aliphatic rings. The van der Waals surface area contributed by atoms with Gasteiger partial charge in [-0.25, -0.2) is 9.37 Å². The molecule has 2 aromatic rings. The zero-order valence-corrected chi connectivity index (χ0v) is 11.1. The fourth-order valence-electron chi connectivity index (χ4n) is 1.67. The van der Waals surface area contributed by atoms with E-state index in [2.05, 4.69) is 15.3 Å². The number of ether oxygens (including phenoxy) is 1. The standard InChI is InChI=1S/C14H16FN3O2/c1-10-17-8-12(18-10)6-7-16-14(19)9-20-13-4-2-11(15)3-5-13/h2-5,8H,6-7,9H2,1H3,(H,16,19)(H,17,18). The van der Waals surface area contributed by atoms with Crippen molar-refractivity contribution in [2.45, 2.75) is 13.3 Å². The van der Waals surface area contributed by atoms with E-state index >= 15 is 0 Å². The van der Waals surface area contributed by atoms with E-state index in [0.29, 0.717) is 18.7 Å². The molecule has 0 saturated carbocycles. The molecule has 0 atom stereocenters. The maximum atomic E-state index is 12.7. The lowest BCUT2D eigenvalue weighted by Crippen LogP contribution is -2.30. The smallest absolute Gasteiger partial charge is 0.257 e. The highest BCUT2D eigenvalue weighted by Gasteiger charge is 2.03. The van der Waals surface area contributed by atoms with Crippen molar-refractivity contribution in [2.75, 3.05) is 13.2 Å². The number of hydrogen-bond acceptors (Lipinski definition) is 3. The van der Waals surface area contributed by atoms with E-state index in [0.717, 1.165) is 11.5 Å². The number of carbonyl (C=O) groups is 1. The molecule has 20 heavy (non-hydrogen) atoms. The minimum Gasteiger partial charge on any atom is -0.484 e. The molecule has 5 nitrogen and oxygen atoms in total. The second-order valence-corrected chi connectivity index (χ2v) is 4.34. The summed E-state index contributed by atoms with van der Waals surface area (Å²) in [5.41, 5.74) is 0.974. The summed E-state index contributed by atoms with van der Waals surface area (Å²) in [4.78, 5) is 18.7. The summed E-state index contributed by atoms with van der Waals surface area (Å²) in [5, 5.41) is 2.74. The first-order valence-corrected chi connectivity index (χ1v) is 6.29. The molecule has 1 heterocycles. The van der Waals surface area contributed by atoms with Crippen LogP contribution in [0.25, 0.3) is 0 Å². The van der Waals surface area contributed by atoms with Crippen molar-refractivity contribution in [2.24, 2.45) is 0 Å². The first-order valence-electron chi connectivity index (χ1n) is 6.29. The van der Waals surface area contributed by atoms with Gasteiger partial charge in [0, 0.05) is 24.9 Å². The maximum absolute atomic E-state index is 12.7. The number of aromatic amines is 1. The van der Waals surface area contributed by atoms with E-state index in [1.807, 2.05) is 6.92 Å². The number of aromatic nitrogens is 2. The molecule has 1 aromatic carbocycles. The SMILES string of the molecule is Cc1ncc(CCNC(=O)COc2ccc(F)cc2)[nH]1. The van der Waals surface area contributed by atoms with Crippen molar-refractivity contribution < 1.29 is 13.9 Å². The van der Waals surface area contributed by atoms with Crippen LogP contribution in [0.2, 0.25) is 0 Å². The Hall–Kier alpha value is -2.37. The van der Waals surface area contributed by atoms with Gasteiger partial charge in [-0.2, -0.15) is 0 Å². The monoisotopic (exact) mass is 277 g/mol. The predicted octanol–water partition coefficient (Wildman–Crippen LogP) is 1.59. The topological polar surface area (TPSA) is 67.0 Å². The predicted molar refractivity (Wildman–Crippen MR) is 71.9 cm³/mol. The van der Waals surface area contributed by atoms with Crippen LogP contribution in [0.5, 0.6) is 5.75 Å². The normalized spacial score (nSPS) is 10.3. The highest BCUT2D eigenvalue weighted by Crippen LogP contribution is 2.10. The Labute approximate surface area is 116 Å². The summed E-state index contributed by atoms with van der Waals surface area (Å²) in [6, 6.07) is 5.54. The van der Waals surface area contributed by atoms with Gasteiger partial charge < -0.3 is 15.0 Å². The number of hydrogen-bond donors (Lipinski definition) is 2.